The molecule has 4 nitrogen and oxygen atoms in total. The van der Waals surface area contributed by atoms with Crippen molar-refractivity contribution in [2.24, 2.45) is 0 Å². The van der Waals surface area contributed by atoms with Gasteiger partial charge in [0.05, 0.1) is 57.2 Å². The van der Waals surface area contributed by atoms with E-state index >= 15 is 13.2 Å². The second kappa shape index (κ2) is 14.1. The van der Waals surface area contributed by atoms with E-state index in [-0.39, 0.29) is 44.0 Å². The number of hydrogen-bond donors (Lipinski definition) is 0. The van der Waals surface area contributed by atoms with Gasteiger partial charge in [-0.25, -0.2) is 4.85 Å². The minimum absolute atomic E-state index is 0.0332. The van der Waals surface area contributed by atoms with Crippen molar-refractivity contribution >= 4 is 49.3 Å². The van der Waals surface area contributed by atoms with Crippen LogP contribution in [0.1, 0.15) is 116 Å². The lowest BCUT2D eigenvalue weighted by Crippen LogP contribution is -2.13. The van der Waals surface area contributed by atoms with E-state index in [2.05, 4.69) is 176 Å². The predicted molar refractivity (Wildman–Crippen MR) is 251 cm³/mol. The van der Waals surface area contributed by atoms with Gasteiger partial charge in [0.2, 0.25) is 0 Å². The lowest BCUT2D eigenvalue weighted by Gasteiger charge is -2.24. The van der Waals surface area contributed by atoms with Gasteiger partial charge in [-0.15, -0.1) is 0 Å². The molecule has 0 fully saturated rings. The fraction of sp³-hybridized carbons (Fsp3) is 0.309. The number of rotatable bonds is 3. The fourth-order valence-corrected chi connectivity index (χ4v) is 8.81. The summed E-state index contributed by atoms with van der Waals surface area (Å²) in [6.07, 6.45) is -4.79. The molecule has 8 aromatic rings. The smallest absolute Gasteiger partial charge is 0.307 e. The van der Waals surface area contributed by atoms with Crippen LogP contribution in [0.25, 0.3) is 71.0 Å². The first-order chi connectivity index (χ1) is 28.8. The van der Waals surface area contributed by atoms with E-state index < -0.39 is 11.7 Å². The van der Waals surface area contributed by atoms with Gasteiger partial charge in [0.1, 0.15) is 0 Å². The zero-order valence-corrected chi connectivity index (χ0v) is 37.7. The van der Waals surface area contributed by atoms with Gasteiger partial charge in [0.15, 0.2) is 5.69 Å². The number of aromatic nitrogens is 2. The summed E-state index contributed by atoms with van der Waals surface area (Å²) in [7, 11) is 0. The maximum atomic E-state index is 15.1. The molecule has 7 heteroatoms. The Bertz CT molecular complexity index is 3080. The summed E-state index contributed by atoms with van der Waals surface area (Å²) in [5.74, 6) is 0. The Morgan fingerprint density at radius 3 is 1.16 bits per heavy atom. The van der Waals surface area contributed by atoms with Crippen LogP contribution in [0, 0.1) is 17.9 Å². The lowest BCUT2D eigenvalue weighted by atomic mass is 9.86. The maximum Gasteiger partial charge on any atom is 0.415 e. The fourth-order valence-electron chi connectivity index (χ4n) is 8.81. The van der Waals surface area contributed by atoms with E-state index in [1.807, 2.05) is 0 Å². The number of nitriles is 1. The largest absolute Gasteiger partial charge is 0.415 e. The Hall–Kier alpha value is -6.31. The number of nitrogens with zero attached hydrogens (tertiary/aromatic N) is 4. The highest BCUT2D eigenvalue weighted by molar-refractivity contribution is 6.12. The first-order valence-electron chi connectivity index (χ1n) is 21.2. The highest BCUT2D eigenvalue weighted by atomic mass is 19.4. The average molecular weight is 827 g/mol. The summed E-state index contributed by atoms with van der Waals surface area (Å²) >= 11 is 0. The molecular weight excluding hydrogens is 774 g/mol. The number of halogens is 3. The molecule has 0 unspecified atom stereocenters. The molecule has 2 heterocycles. The molecule has 0 amide bonds. The van der Waals surface area contributed by atoms with Crippen LogP contribution in [0.15, 0.2) is 103 Å². The van der Waals surface area contributed by atoms with Crippen molar-refractivity contribution in [1.29, 1.82) is 5.26 Å². The van der Waals surface area contributed by atoms with E-state index in [0.29, 0.717) is 11.4 Å². The average Bonchev–Trinajstić information content (AvgIpc) is 3.69. The molecule has 0 bridgehead atoms. The molecule has 2 aromatic heterocycles. The van der Waals surface area contributed by atoms with Crippen LogP contribution in [0.3, 0.4) is 0 Å². The number of hydrogen-bond acceptors (Lipinski definition) is 1. The highest BCUT2D eigenvalue weighted by Gasteiger charge is 2.36. The van der Waals surface area contributed by atoms with Crippen molar-refractivity contribution in [2.75, 3.05) is 0 Å². The summed E-state index contributed by atoms with van der Waals surface area (Å²) < 4.78 is 49.7. The quantitative estimate of drug-likeness (QED) is 0.164. The topological polar surface area (TPSA) is 38.0 Å². The van der Waals surface area contributed by atoms with Gasteiger partial charge < -0.3 is 9.13 Å². The number of benzene rings is 6. The summed E-state index contributed by atoms with van der Waals surface area (Å²) in [6.45, 7) is 34.2. The Morgan fingerprint density at radius 2 is 0.855 bits per heavy atom. The normalized spacial score (nSPS) is 13.0. The summed E-state index contributed by atoms with van der Waals surface area (Å²) in [5.41, 5.74) is 7.04. The number of fused-ring (bicyclic) bond motifs is 6. The van der Waals surface area contributed by atoms with Crippen molar-refractivity contribution in [3.05, 3.63) is 148 Å². The maximum absolute atomic E-state index is 15.1. The third-order valence-electron chi connectivity index (χ3n) is 12.5. The highest BCUT2D eigenvalue weighted by Crippen LogP contribution is 2.48. The minimum atomic E-state index is -4.79. The van der Waals surface area contributed by atoms with Crippen molar-refractivity contribution in [3.63, 3.8) is 0 Å². The summed E-state index contributed by atoms with van der Waals surface area (Å²) in [5, 5.41) is 15.1. The molecule has 0 aliphatic rings. The van der Waals surface area contributed by atoms with Crippen molar-refractivity contribution in [1.82, 2.24) is 9.13 Å². The Kier molecular flexibility index (Phi) is 9.65. The van der Waals surface area contributed by atoms with Crippen LogP contribution < -0.4 is 0 Å². The van der Waals surface area contributed by atoms with Gasteiger partial charge in [0.25, 0.3) is 0 Å². The van der Waals surface area contributed by atoms with E-state index in [4.69, 9.17) is 6.57 Å². The van der Waals surface area contributed by atoms with Gasteiger partial charge >= 0.3 is 6.18 Å². The second-order valence-corrected chi connectivity index (χ2v) is 20.9. The predicted octanol–water partition coefficient (Wildman–Crippen LogP) is 16.2. The zero-order valence-electron chi connectivity index (χ0n) is 37.7. The molecule has 0 saturated carbocycles. The summed E-state index contributed by atoms with van der Waals surface area (Å²) in [6, 6.07) is 35.6. The molecule has 0 aliphatic heterocycles. The minimum Gasteiger partial charge on any atom is -0.307 e. The first-order valence-corrected chi connectivity index (χ1v) is 21.2. The monoisotopic (exact) mass is 826 g/mol. The van der Waals surface area contributed by atoms with E-state index in [1.165, 1.54) is 12.1 Å². The van der Waals surface area contributed by atoms with E-state index in [9.17, 15) is 5.26 Å². The third-order valence-corrected chi connectivity index (χ3v) is 12.5. The Morgan fingerprint density at radius 1 is 0.500 bits per heavy atom. The zero-order chi connectivity index (χ0) is 45.1. The van der Waals surface area contributed by atoms with Crippen LogP contribution in [-0.4, -0.2) is 9.13 Å². The molecule has 8 rings (SSSR count). The lowest BCUT2D eigenvalue weighted by molar-refractivity contribution is -0.137. The molecule has 6 aromatic carbocycles. The number of alkyl halides is 3. The first kappa shape index (κ1) is 42.4. The molecule has 0 saturated heterocycles. The standard InChI is InChI=1S/C55H53F3N4/c1-51(2,3)33-17-21-37-38-22-18-34(52(4,5)6)27-45(38)61(44(37)26-33)48-25-32(31-59)41(50-42(55(56,57)58)15-14-16-43(50)60-13)30-49(48)62-46-28-35(53(7,8)9)19-23-39(46)40-24-20-36(29-47(40)62)54(10,11)12/h14-30H,1-12H3. The van der Waals surface area contributed by atoms with Crippen LogP contribution in [0.4, 0.5) is 18.9 Å². The van der Waals surface area contributed by atoms with Crippen molar-refractivity contribution in [3.8, 4) is 28.6 Å². The van der Waals surface area contributed by atoms with E-state index in [0.717, 1.165) is 71.9 Å². The van der Waals surface area contributed by atoms with Crippen LogP contribution in [-0.2, 0) is 27.8 Å². The molecule has 0 aliphatic carbocycles. The molecule has 0 radical (unpaired) electrons. The van der Waals surface area contributed by atoms with Gasteiger partial charge in [-0.05, 0) is 85.9 Å². The molecule has 0 N–H and O–H groups in total. The van der Waals surface area contributed by atoms with Crippen molar-refractivity contribution in [2.45, 2.75) is 111 Å². The van der Waals surface area contributed by atoms with Gasteiger partial charge in [-0.3, -0.25) is 0 Å². The molecule has 0 spiro atoms. The SMILES string of the molecule is [C-]#[N+]c1cccc(C(F)(F)F)c1-c1cc(-n2c3cc(C(C)(C)C)ccc3c3ccc(C(C)(C)C)cc32)c(-n2c3cc(C(C)(C)C)ccc3c3ccc(C(C)(C)C)cc32)cc1C#N. The summed E-state index contributed by atoms with van der Waals surface area (Å²) in [4.78, 5) is 3.61. The Balaban J connectivity index is 1.67. The van der Waals surface area contributed by atoms with E-state index in [1.54, 1.807) is 12.1 Å². The molecule has 0 atom stereocenters. The van der Waals surface area contributed by atoms with Gasteiger partial charge in [0, 0.05) is 27.1 Å². The molecule has 314 valence electrons. The molecular formula is C55H53F3N4. The third kappa shape index (κ3) is 7.02. The van der Waals surface area contributed by atoms with Crippen LogP contribution in [0.5, 0.6) is 0 Å². The van der Waals surface area contributed by atoms with Crippen molar-refractivity contribution < 1.29 is 13.2 Å². The van der Waals surface area contributed by atoms with Crippen LogP contribution in [0.2, 0.25) is 0 Å². The molecule has 62 heavy (non-hydrogen) atoms. The van der Waals surface area contributed by atoms with Gasteiger partial charge in [-0.2, -0.15) is 18.4 Å². The van der Waals surface area contributed by atoms with Crippen LogP contribution >= 0.6 is 0 Å². The Labute approximate surface area is 363 Å². The second-order valence-electron chi connectivity index (χ2n) is 20.9. The van der Waals surface area contributed by atoms with Gasteiger partial charge in [-0.1, -0.05) is 150 Å².